The topological polar surface area (TPSA) is 260 Å². The molecule has 0 bridgehead atoms. The zero-order valence-electron chi connectivity index (χ0n) is 49.8. The van der Waals surface area contributed by atoms with Crippen LogP contribution in [0.3, 0.4) is 0 Å². The molecule has 0 radical (unpaired) electrons. The average molecular weight is 1300 g/mol. The molecule has 0 saturated carbocycles. The molecule has 2 aliphatic heterocycles. The summed E-state index contributed by atoms with van der Waals surface area (Å²) in [7, 11) is 1.54. The normalized spacial score (nSPS) is 13.9. The van der Waals surface area contributed by atoms with Gasteiger partial charge in [-0.2, -0.15) is 0 Å². The number of esters is 6. The summed E-state index contributed by atoms with van der Waals surface area (Å²) in [6.07, 6.45) is -0.940. The Morgan fingerprint density at radius 1 is 0.466 bits per heavy atom. The van der Waals surface area contributed by atoms with E-state index in [1.807, 2.05) is 27.7 Å². The number of imide groups is 2. The molecular weight excluding hydrogens is 1230 g/mol. The van der Waals surface area contributed by atoms with E-state index in [2.05, 4.69) is 19.7 Å². The zero-order valence-corrected chi connectivity index (χ0v) is 52.8. The Hall–Kier alpha value is -7.24. The van der Waals surface area contributed by atoms with Crippen LogP contribution >= 0.6 is 46.4 Å². The quantitative estimate of drug-likeness (QED) is 0.00759. The van der Waals surface area contributed by atoms with E-state index in [1.165, 1.54) is 45.0 Å². The summed E-state index contributed by atoms with van der Waals surface area (Å²) in [4.78, 5) is 139. The van der Waals surface area contributed by atoms with Crippen LogP contribution in [0.5, 0.6) is 0 Å². The number of nitrogens with zero attached hydrogens (tertiary/aromatic N) is 2. The van der Waals surface area contributed by atoms with E-state index in [4.69, 9.17) is 89.0 Å². The van der Waals surface area contributed by atoms with Gasteiger partial charge in [0.15, 0.2) is 0 Å². The van der Waals surface area contributed by atoms with Crippen LogP contribution in [-0.4, -0.2) is 160 Å². The molecular formula is C63H66Cl4N2O19. The standard InChI is InChI=1S/C63H66Cl4N2O19/c1-30(2)18-35(24-83-45(70)12-13-46(71)88-63(27-85-60(77)32(5)6,28-86-61(78)33(7)8)29-87-62(79)34(9)10)68-56(73)37-20-41(64)50-52-43(66)22-39-49-40(23-44(67)53(55(49)52)51-42(65)21-38(57(68)74)48(37)54(50)51)59(76)69(58(39)75)36(19-31(3)4)25-84-47(72)26-82-17-16-81-15-14-80-11/h20-23,30-31,35-36H,5,7,9,12-19,24-29H2,1-4,6,8,10-11H3. The summed E-state index contributed by atoms with van der Waals surface area (Å²) in [6, 6.07) is 3.53. The molecule has 4 amide bonds. The van der Waals surface area contributed by atoms with E-state index in [0.29, 0.717) is 13.2 Å². The number of amides is 4. The van der Waals surface area contributed by atoms with Gasteiger partial charge in [0, 0.05) is 87.0 Å². The van der Waals surface area contributed by atoms with Crippen LogP contribution in [-0.2, 0) is 71.4 Å². The highest BCUT2D eigenvalue weighted by Crippen LogP contribution is 2.54. The van der Waals surface area contributed by atoms with E-state index in [1.54, 1.807) is 7.11 Å². The van der Waals surface area contributed by atoms with Gasteiger partial charge in [-0.05, 0) is 69.7 Å². The molecule has 0 N–H and O–H groups in total. The Kier molecular flexibility index (Phi) is 22.4. The van der Waals surface area contributed by atoms with Crippen molar-refractivity contribution in [3.8, 4) is 0 Å². The summed E-state index contributed by atoms with van der Waals surface area (Å²) in [5.74, 6) is -8.90. The van der Waals surface area contributed by atoms with E-state index in [9.17, 15) is 38.4 Å². The number of carbonyl (C=O) groups excluding carboxylic acids is 10. The highest BCUT2D eigenvalue weighted by molar-refractivity contribution is 6.56. The lowest BCUT2D eigenvalue weighted by atomic mass is 9.81. The van der Waals surface area contributed by atoms with E-state index in [-0.39, 0.29) is 147 Å². The fourth-order valence-corrected chi connectivity index (χ4v) is 11.6. The van der Waals surface area contributed by atoms with Crippen LogP contribution in [0.4, 0.5) is 0 Å². The maximum atomic E-state index is 15.0. The molecule has 2 heterocycles. The van der Waals surface area contributed by atoms with Gasteiger partial charge in [-0.1, -0.05) is 93.8 Å². The van der Waals surface area contributed by atoms with Gasteiger partial charge >= 0.3 is 35.8 Å². The van der Waals surface area contributed by atoms with Crippen LogP contribution in [0.25, 0.3) is 43.1 Å². The van der Waals surface area contributed by atoms with Crippen LogP contribution in [0.1, 0.15) is 116 Å². The zero-order chi connectivity index (χ0) is 64.8. The number of hydrogen-bond donors (Lipinski definition) is 0. The molecule has 0 aromatic heterocycles. The highest BCUT2D eigenvalue weighted by Gasteiger charge is 2.45. The lowest BCUT2D eigenvalue weighted by Gasteiger charge is -2.36. The first-order valence-corrected chi connectivity index (χ1v) is 29.4. The van der Waals surface area contributed by atoms with Gasteiger partial charge in [0.1, 0.15) is 39.6 Å². The van der Waals surface area contributed by atoms with Gasteiger partial charge in [-0.3, -0.25) is 38.6 Å². The van der Waals surface area contributed by atoms with Gasteiger partial charge in [0.05, 0.1) is 73.6 Å². The number of halogens is 4. The molecule has 0 spiro atoms. The largest absolute Gasteiger partial charge is 0.463 e. The second-order valence-corrected chi connectivity index (χ2v) is 24.0. The van der Waals surface area contributed by atoms with Crippen molar-refractivity contribution >= 4 is 149 Å². The van der Waals surface area contributed by atoms with Crippen molar-refractivity contribution in [3.05, 3.63) is 103 Å². The summed E-state index contributed by atoms with van der Waals surface area (Å²) >= 11 is 29.1. The van der Waals surface area contributed by atoms with Crippen LogP contribution in [0, 0.1) is 11.8 Å². The van der Waals surface area contributed by atoms with Gasteiger partial charge in [-0.25, -0.2) is 19.2 Å². The van der Waals surface area contributed by atoms with Crippen LogP contribution < -0.4 is 0 Å². The van der Waals surface area contributed by atoms with Crippen molar-refractivity contribution in [1.82, 2.24) is 9.80 Å². The molecule has 2 unspecified atom stereocenters. The average Bonchev–Trinajstić information content (AvgIpc) is 0.692. The Bertz CT molecular complexity index is 3520. The van der Waals surface area contributed by atoms with Crippen molar-refractivity contribution < 1.29 is 90.6 Å². The summed E-state index contributed by atoms with van der Waals surface area (Å²) in [5, 5.41) is 1.74. The third-order valence-electron chi connectivity index (χ3n) is 14.3. The fourth-order valence-electron chi connectivity index (χ4n) is 10.4. The minimum absolute atomic E-state index is 0.00190. The second kappa shape index (κ2) is 28.9. The maximum absolute atomic E-state index is 15.0. The van der Waals surface area contributed by atoms with Crippen molar-refractivity contribution in [2.75, 3.05) is 73.2 Å². The Balaban J connectivity index is 1.17. The molecule has 21 nitrogen and oxygen atoms in total. The third kappa shape index (κ3) is 14.7. The first kappa shape index (κ1) is 68.3. The van der Waals surface area contributed by atoms with E-state index >= 15 is 9.59 Å². The number of rotatable bonds is 31. The van der Waals surface area contributed by atoms with E-state index < -0.39 is 123 Å². The molecule has 5 aromatic carbocycles. The minimum Gasteiger partial charge on any atom is -0.463 e. The predicted molar refractivity (Wildman–Crippen MR) is 326 cm³/mol. The van der Waals surface area contributed by atoms with Gasteiger partial charge < -0.3 is 42.6 Å². The monoisotopic (exact) mass is 1290 g/mol. The highest BCUT2D eigenvalue weighted by atomic mass is 35.5. The molecule has 470 valence electrons. The van der Waals surface area contributed by atoms with Crippen LogP contribution in [0.2, 0.25) is 20.1 Å². The van der Waals surface area contributed by atoms with Gasteiger partial charge in [0.25, 0.3) is 23.6 Å². The number of hydrogen-bond acceptors (Lipinski definition) is 19. The van der Waals surface area contributed by atoms with Gasteiger partial charge in [-0.15, -0.1) is 0 Å². The maximum Gasteiger partial charge on any atom is 0.333 e. The first-order chi connectivity index (χ1) is 41.5. The molecule has 2 atom stereocenters. The molecule has 88 heavy (non-hydrogen) atoms. The fraction of sp³-hybridized carbons (Fsp3) is 0.429. The van der Waals surface area contributed by atoms with Crippen molar-refractivity contribution in [2.24, 2.45) is 11.8 Å². The third-order valence-corrected chi connectivity index (χ3v) is 15.5. The molecule has 0 saturated heterocycles. The molecule has 25 heteroatoms. The number of fused-ring (bicyclic) bond motifs is 2. The smallest absolute Gasteiger partial charge is 0.333 e. The number of benzene rings is 5. The van der Waals surface area contributed by atoms with Crippen molar-refractivity contribution in [2.45, 2.75) is 91.8 Å². The summed E-state index contributed by atoms with van der Waals surface area (Å²) < 4.78 is 48.4. The van der Waals surface area contributed by atoms with Crippen molar-refractivity contribution in [3.63, 3.8) is 0 Å². The summed E-state index contributed by atoms with van der Waals surface area (Å²) in [5.41, 5.74) is -2.24. The first-order valence-electron chi connectivity index (χ1n) is 27.9. The number of ether oxygens (including phenoxy) is 9. The second-order valence-electron chi connectivity index (χ2n) is 22.4. The molecule has 0 aliphatic carbocycles. The lowest BCUT2D eigenvalue weighted by molar-refractivity contribution is -0.193. The molecule has 0 fully saturated rings. The number of methoxy groups -OCH3 is 1. The number of carbonyl (C=O) groups is 10. The lowest BCUT2D eigenvalue weighted by Crippen LogP contribution is -2.50. The summed E-state index contributed by atoms with van der Waals surface area (Å²) in [6.45, 7) is 19.4. The minimum atomic E-state index is -2.14. The van der Waals surface area contributed by atoms with Crippen LogP contribution in [0.15, 0.2) is 60.7 Å². The Labute approximate surface area is 526 Å². The Morgan fingerprint density at radius 3 is 1.14 bits per heavy atom. The molecule has 2 aliphatic rings. The SMILES string of the molecule is C=C(C)C(=O)OCC(COC(=O)C(=C)C)(COC(=O)C(=C)C)OC(=O)CCC(=O)OCC(CC(C)C)N1C(=O)c2cc(Cl)c3c4c(Cl)cc5c6c(cc(Cl)c(c7c(Cl)cc(c2c37)C1=O)c64)C(=O)N(C(COC(=O)COCCOCCOC)CC(C)C)C5=O. The molecule has 7 rings (SSSR count). The Morgan fingerprint density at radius 2 is 0.795 bits per heavy atom. The van der Waals surface area contributed by atoms with Crippen molar-refractivity contribution in [1.29, 1.82) is 0 Å². The molecule has 5 aromatic rings. The van der Waals surface area contributed by atoms with E-state index in [0.717, 1.165) is 9.80 Å². The predicted octanol–water partition coefficient (Wildman–Crippen LogP) is 10.6. The van der Waals surface area contributed by atoms with Gasteiger partial charge in [0.2, 0.25) is 5.60 Å².